The summed E-state index contributed by atoms with van der Waals surface area (Å²) >= 11 is 0. The SMILES string of the molecule is CCc1cc(Nc2nccn3c(-c4ccc(OC(F)F)c(F)c4F)cnc23)ccc1C(=O)N1CCC(C(=O)NCC2CCN(CC3CN(C(=O)OC(C)(C)C)C3)C2)CC1. The number of amides is 3. The summed E-state index contributed by atoms with van der Waals surface area (Å²) in [6, 6.07) is 7.44. The smallest absolute Gasteiger partial charge is 0.410 e. The van der Waals surface area contributed by atoms with Crippen LogP contribution in [0.1, 0.15) is 62.9 Å². The van der Waals surface area contributed by atoms with Gasteiger partial charge in [0.05, 0.1) is 11.9 Å². The van der Waals surface area contributed by atoms with Crippen molar-refractivity contribution in [2.45, 2.75) is 65.6 Å². The van der Waals surface area contributed by atoms with Crippen LogP contribution in [0.5, 0.6) is 5.75 Å². The van der Waals surface area contributed by atoms with Gasteiger partial charge < -0.3 is 34.8 Å². The Morgan fingerprint density at radius 3 is 2.41 bits per heavy atom. The Labute approximate surface area is 340 Å². The number of carbonyl (C=O) groups excluding carboxylic acids is 3. The standard InChI is InChI=1S/C42H50F4N8O5/c1-5-27-18-29(50-36-37-48-20-32(54(37)17-13-47-36)31-8-9-33(58-40(45)46)35(44)34(31)43)6-7-30(27)39(56)52-15-11-28(12-16-52)38(55)49-19-25-10-14-51(21-25)22-26-23-53(24-26)41(57)59-42(2,3)4/h6-9,13,17-18,20,25-26,28,40H,5,10-12,14-16,19,21-24H2,1-4H3,(H,47,50)(H,49,55). The molecule has 3 aliphatic heterocycles. The van der Waals surface area contributed by atoms with Crippen molar-refractivity contribution in [1.29, 1.82) is 0 Å². The minimum Gasteiger partial charge on any atom is -0.444 e. The number of rotatable bonds is 12. The van der Waals surface area contributed by atoms with Gasteiger partial charge in [0.1, 0.15) is 5.60 Å². The van der Waals surface area contributed by atoms with Crippen molar-refractivity contribution >= 4 is 35.1 Å². The number of hydrogen-bond acceptors (Lipinski definition) is 9. The fourth-order valence-corrected chi connectivity index (χ4v) is 8.11. The molecule has 0 bridgehead atoms. The molecule has 3 amide bonds. The summed E-state index contributed by atoms with van der Waals surface area (Å²) in [5.41, 5.74) is 1.76. The van der Waals surface area contributed by atoms with Crippen LogP contribution in [0.2, 0.25) is 0 Å². The van der Waals surface area contributed by atoms with Gasteiger partial charge in [-0.25, -0.2) is 19.2 Å². The third-order valence-corrected chi connectivity index (χ3v) is 11.2. The summed E-state index contributed by atoms with van der Waals surface area (Å²) in [5.74, 6) is -2.90. The first-order chi connectivity index (χ1) is 28.2. The number of imidazole rings is 1. The first kappa shape index (κ1) is 41.7. The van der Waals surface area contributed by atoms with Crippen molar-refractivity contribution in [1.82, 2.24) is 34.4 Å². The molecular formula is C42H50F4N8O5. The molecule has 2 N–H and O–H groups in total. The largest absolute Gasteiger partial charge is 0.444 e. The molecule has 7 rings (SSSR count). The summed E-state index contributed by atoms with van der Waals surface area (Å²) in [6.07, 6.45) is 6.79. The van der Waals surface area contributed by atoms with Crippen molar-refractivity contribution in [2.75, 3.05) is 57.7 Å². The van der Waals surface area contributed by atoms with E-state index in [-0.39, 0.29) is 35.1 Å². The fourth-order valence-electron chi connectivity index (χ4n) is 8.11. The lowest BCUT2D eigenvalue weighted by atomic mass is 9.94. The van der Waals surface area contributed by atoms with Crippen LogP contribution < -0.4 is 15.4 Å². The first-order valence-electron chi connectivity index (χ1n) is 20.1. The molecule has 59 heavy (non-hydrogen) atoms. The third kappa shape index (κ3) is 9.55. The van der Waals surface area contributed by atoms with Gasteiger partial charge in [0.25, 0.3) is 5.91 Å². The first-order valence-corrected chi connectivity index (χ1v) is 20.1. The minimum absolute atomic E-state index is 0.0371. The van der Waals surface area contributed by atoms with Gasteiger partial charge in [-0.15, -0.1) is 0 Å². The number of aryl methyl sites for hydroxylation is 1. The number of aromatic nitrogens is 3. The number of alkyl halides is 2. The lowest BCUT2D eigenvalue weighted by molar-refractivity contribution is -0.126. The topological polar surface area (TPSA) is 134 Å². The van der Waals surface area contributed by atoms with Crippen LogP contribution in [0, 0.1) is 29.4 Å². The molecular weight excluding hydrogens is 773 g/mol. The number of nitrogens with one attached hydrogen (secondary N) is 2. The van der Waals surface area contributed by atoms with E-state index in [9.17, 15) is 31.9 Å². The van der Waals surface area contributed by atoms with Gasteiger partial charge in [0.2, 0.25) is 11.7 Å². The van der Waals surface area contributed by atoms with Crippen LogP contribution in [-0.2, 0) is 16.0 Å². The molecule has 1 atom stereocenters. The number of likely N-dealkylation sites (tertiary alicyclic amines) is 3. The van der Waals surface area contributed by atoms with Crippen molar-refractivity contribution in [3.05, 3.63) is 71.7 Å². The molecule has 2 aromatic carbocycles. The second-order valence-electron chi connectivity index (χ2n) is 16.6. The summed E-state index contributed by atoms with van der Waals surface area (Å²) < 4.78 is 65.8. The van der Waals surface area contributed by atoms with Gasteiger partial charge in [-0.3, -0.25) is 14.0 Å². The highest BCUT2D eigenvalue weighted by molar-refractivity contribution is 5.96. The molecule has 0 aliphatic carbocycles. The molecule has 3 fully saturated rings. The molecule has 5 heterocycles. The monoisotopic (exact) mass is 822 g/mol. The maximum atomic E-state index is 15.0. The van der Waals surface area contributed by atoms with E-state index in [1.807, 2.05) is 33.8 Å². The molecule has 0 saturated carbocycles. The molecule has 3 saturated heterocycles. The van der Waals surface area contributed by atoms with E-state index in [0.717, 1.165) is 43.8 Å². The van der Waals surface area contributed by atoms with Gasteiger partial charge in [-0.05, 0) is 94.8 Å². The van der Waals surface area contributed by atoms with Crippen molar-refractivity contribution in [3.63, 3.8) is 0 Å². The molecule has 2 aromatic heterocycles. The maximum absolute atomic E-state index is 15.0. The number of carbonyl (C=O) groups is 3. The average Bonchev–Trinajstić information content (AvgIpc) is 3.83. The van der Waals surface area contributed by atoms with Crippen LogP contribution in [0.4, 0.5) is 33.9 Å². The molecule has 0 spiro atoms. The summed E-state index contributed by atoms with van der Waals surface area (Å²) in [4.78, 5) is 53.9. The Kier molecular flexibility index (Phi) is 12.3. The third-order valence-electron chi connectivity index (χ3n) is 11.2. The lowest BCUT2D eigenvalue weighted by Gasteiger charge is -2.41. The van der Waals surface area contributed by atoms with E-state index in [0.29, 0.717) is 86.5 Å². The van der Waals surface area contributed by atoms with Gasteiger partial charge >= 0.3 is 12.7 Å². The number of nitrogens with zero attached hydrogens (tertiary/aromatic N) is 6. The zero-order valence-corrected chi connectivity index (χ0v) is 33.6. The summed E-state index contributed by atoms with van der Waals surface area (Å²) in [5, 5.41) is 6.39. The van der Waals surface area contributed by atoms with Crippen LogP contribution in [0.3, 0.4) is 0 Å². The Hall–Kier alpha value is -5.45. The minimum atomic E-state index is -3.31. The van der Waals surface area contributed by atoms with Crippen molar-refractivity contribution in [2.24, 2.45) is 17.8 Å². The molecule has 0 radical (unpaired) electrons. The Morgan fingerprint density at radius 1 is 0.932 bits per heavy atom. The number of anilines is 2. The zero-order valence-electron chi connectivity index (χ0n) is 33.6. The number of fused-ring (bicyclic) bond motifs is 1. The summed E-state index contributed by atoms with van der Waals surface area (Å²) in [6.45, 7) is 10.1. The molecule has 4 aromatic rings. The Morgan fingerprint density at radius 2 is 1.69 bits per heavy atom. The van der Waals surface area contributed by atoms with E-state index < -0.39 is 29.6 Å². The van der Waals surface area contributed by atoms with Gasteiger partial charge in [-0.1, -0.05) is 6.92 Å². The predicted molar refractivity (Wildman–Crippen MR) is 212 cm³/mol. The van der Waals surface area contributed by atoms with Crippen LogP contribution in [-0.4, -0.2) is 112 Å². The number of piperidine rings is 1. The van der Waals surface area contributed by atoms with E-state index in [1.165, 1.54) is 23.0 Å². The number of halogens is 4. The second kappa shape index (κ2) is 17.4. The maximum Gasteiger partial charge on any atom is 0.410 e. The number of ether oxygens (including phenoxy) is 2. The molecule has 3 aliphatic rings. The van der Waals surface area contributed by atoms with Crippen LogP contribution >= 0.6 is 0 Å². The highest BCUT2D eigenvalue weighted by atomic mass is 19.3. The molecule has 1 unspecified atom stereocenters. The highest BCUT2D eigenvalue weighted by Gasteiger charge is 2.36. The highest BCUT2D eigenvalue weighted by Crippen LogP contribution is 2.33. The van der Waals surface area contributed by atoms with Crippen molar-refractivity contribution in [3.8, 4) is 17.0 Å². The van der Waals surface area contributed by atoms with Crippen molar-refractivity contribution < 1.29 is 41.4 Å². The second-order valence-corrected chi connectivity index (χ2v) is 16.6. The lowest BCUT2D eigenvalue weighted by Crippen LogP contribution is -2.54. The van der Waals surface area contributed by atoms with E-state index in [1.54, 1.807) is 21.9 Å². The Bertz CT molecular complexity index is 2180. The normalized spacial score (nSPS) is 18.0. The van der Waals surface area contributed by atoms with Crippen LogP contribution in [0.15, 0.2) is 48.9 Å². The van der Waals surface area contributed by atoms with E-state index in [2.05, 4.69) is 30.2 Å². The zero-order chi connectivity index (χ0) is 42.0. The molecule has 13 nitrogen and oxygen atoms in total. The number of hydrogen-bond donors (Lipinski definition) is 2. The predicted octanol–water partition coefficient (Wildman–Crippen LogP) is 6.74. The van der Waals surface area contributed by atoms with Gasteiger partial charge in [0.15, 0.2) is 23.0 Å². The summed E-state index contributed by atoms with van der Waals surface area (Å²) in [7, 11) is 0. The Balaban J connectivity index is 0.889. The fraction of sp³-hybridized carbons (Fsp3) is 0.500. The number of benzene rings is 2. The van der Waals surface area contributed by atoms with Crippen LogP contribution in [0.25, 0.3) is 16.9 Å². The average molecular weight is 823 g/mol. The van der Waals surface area contributed by atoms with Gasteiger partial charge in [-0.2, -0.15) is 13.2 Å². The molecule has 17 heteroatoms. The van der Waals surface area contributed by atoms with E-state index in [4.69, 9.17) is 4.74 Å². The quantitative estimate of drug-likeness (QED) is 0.149. The molecule has 316 valence electrons. The van der Waals surface area contributed by atoms with Gasteiger partial charge in [0, 0.05) is 86.9 Å². The van der Waals surface area contributed by atoms with E-state index >= 15 is 0 Å².